The quantitative estimate of drug-likeness (QED) is 0.456. The normalized spacial score (nSPS) is 10.4. The number of amides is 2. The van der Waals surface area contributed by atoms with Crippen LogP contribution in [0.15, 0.2) is 58.2 Å². The summed E-state index contributed by atoms with van der Waals surface area (Å²) in [5.74, 6) is -0.404. The lowest BCUT2D eigenvalue weighted by atomic mass is 10.1. The van der Waals surface area contributed by atoms with Gasteiger partial charge in [-0.15, -0.1) is 10.2 Å². The largest absolute Gasteiger partial charge is 0.508 e. The van der Waals surface area contributed by atoms with E-state index in [-0.39, 0.29) is 22.6 Å². The highest BCUT2D eigenvalue weighted by atomic mass is 32.2. The van der Waals surface area contributed by atoms with Crippen molar-refractivity contribution < 1.29 is 19.1 Å². The number of aromatic hydroxyl groups is 1. The lowest BCUT2D eigenvalue weighted by Gasteiger charge is -2.06. The summed E-state index contributed by atoms with van der Waals surface area (Å²) in [4.78, 5) is 23.8. The number of hydrogen-bond donors (Lipinski definition) is 3. The number of hydrazine groups is 1. The van der Waals surface area contributed by atoms with E-state index in [9.17, 15) is 14.7 Å². The number of carbonyl (C=O) groups is 2. The van der Waals surface area contributed by atoms with Gasteiger partial charge in [0.15, 0.2) is 0 Å². The number of carbonyl (C=O) groups excluding carboxylic acids is 2. The van der Waals surface area contributed by atoms with Gasteiger partial charge in [0.1, 0.15) is 5.75 Å². The van der Waals surface area contributed by atoms with E-state index in [0.717, 1.165) is 17.3 Å². The molecule has 0 saturated carbocycles. The molecule has 2 amide bonds. The fraction of sp³-hybridized carbons (Fsp3) is 0.111. The molecule has 0 unspecified atom stereocenters. The number of hydrogen-bond acceptors (Lipinski definition) is 7. The van der Waals surface area contributed by atoms with Crippen molar-refractivity contribution in [3.05, 3.63) is 59.7 Å². The highest BCUT2D eigenvalue weighted by Gasteiger charge is 2.12. The second-order valence-electron chi connectivity index (χ2n) is 5.58. The number of thioether (sulfide) groups is 1. The Balaban J connectivity index is 1.47. The summed E-state index contributed by atoms with van der Waals surface area (Å²) in [6, 6.07) is 13.3. The molecular weight excluding hydrogens is 368 g/mol. The first-order chi connectivity index (χ1) is 13.0. The van der Waals surface area contributed by atoms with E-state index in [0.29, 0.717) is 11.1 Å². The van der Waals surface area contributed by atoms with Gasteiger partial charge in [-0.2, -0.15) is 0 Å². The van der Waals surface area contributed by atoms with E-state index in [1.165, 1.54) is 12.1 Å². The fourth-order valence-corrected chi connectivity index (χ4v) is 2.62. The summed E-state index contributed by atoms with van der Waals surface area (Å²) in [5.41, 5.74) is 6.82. The molecule has 0 fully saturated rings. The molecule has 0 aliphatic rings. The van der Waals surface area contributed by atoms with E-state index in [2.05, 4.69) is 21.0 Å². The van der Waals surface area contributed by atoms with Crippen LogP contribution in [-0.4, -0.2) is 32.9 Å². The lowest BCUT2D eigenvalue weighted by Crippen LogP contribution is -2.42. The first-order valence-corrected chi connectivity index (χ1v) is 8.91. The van der Waals surface area contributed by atoms with Gasteiger partial charge in [0.25, 0.3) is 11.1 Å². The summed E-state index contributed by atoms with van der Waals surface area (Å²) in [6.45, 7) is 1.92. The molecule has 1 heterocycles. The zero-order valence-corrected chi connectivity index (χ0v) is 15.1. The van der Waals surface area contributed by atoms with Gasteiger partial charge in [-0.3, -0.25) is 20.4 Å². The first-order valence-electron chi connectivity index (χ1n) is 7.93. The number of rotatable bonds is 5. The van der Waals surface area contributed by atoms with E-state index in [4.69, 9.17) is 4.42 Å². The molecular formula is C18H16N4O4S. The van der Waals surface area contributed by atoms with Crippen LogP contribution in [0.4, 0.5) is 0 Å². The van der Waals surface area contributed by atoms with Crippen molar-refractivity contribution in [2.45, 2.75) is 12.1 Å². The molecule has 9 heteroatoms. The van der Waals surface area contributed by atoms with Crippen molar-refractivity contribution in [1.29, 1.82) is 0 Å². The van der Waals surface area contributed by atoms with E-state index >= 15 is 0 Å². The Morgan fingerprint density at radius 3 is 2.44 bits per heavy atom. The maximum atomic E-state index is 11.9. The van der Waals surface area contributed by atoms with Crippen molar-refractivity contribution in [2.24, 2.45) is 0 Å². The third kappa shape index (κ3) is 5.08. The third-order valence-electron chi connectivity index (χ3n) is 3.48. The molecule has 1 aromatic heterocycles. The topological polar surface area (TPSA) is 117 Å². The summed E-state index contributed by atoms with van der Waals surface area (Å²) in [5, 5.41) is 17.3. The van der Waals surface area contributed by atoms with Crippen LogP contribution in [0.1, 0.15) is 15.9 Å². The highest BCUT2D eigenvalue weighted by Crippen LogP contribution is 2.24. The fourth-order valence-electron chi connectivity index (χ4n) is 2.06. The van der Waals surface area contributed by atoms with E-state index in [1.54, 1.807) is 24.3 Å². The number of nitrogens with one attached hydrogen (secondary N) is 2. The highest BCUT2D eigenvalue weighted by molar-refractivity contribution is 7.99. The van der Waals surface area contributed by atoms with Crippen LogP contribution in [-0.2, 0) is 4.79 Å². The molecule has 0 atom stereocenters. The SMILES string of the molecule is Cc1ccc(C(=O)NNC(=O)CSc2nnc(-c3ccc(O)cc3)o2)cc1. The molecule has 0 aliphatic carbocycles. The van der Waals surface area contributed by atoms with Crippen LogP contribution in [0.5, 0.6) is 5.75 Å². The summed E-state index contributed by atoms with van der Waals surface area (Å²) < 4.78 is 5.46. The van der Waals surface area contributed by atoms with Crippen LogP contribution < -0.4 is 10.9 Å². The molecule has 27 heavy (non-hydrogen) atoms. The van der Waals surface area contributed by atoms with Crippen molar-refractivity contribution in [3.8, 4) is 17.2 Å². The van der Waals surface area contributed by atoms with Crippen molar-refractivity contribution in [3.63, 3.8) is 0 Å². The lowest BCUT2D eigenvalue weighted by molar-refractivity contribution is -0.119. The first kappa shape index (κ1) is 18.5. The van der Waals surface area contributed by atoms with Crippen molar-refractivity contribution >= 4 is 23.6 Å². The van der Waals surface area contributed by atoms with Gasteiger partial charge in [0.05, 0.1) is 5.75 Å². The molecule has 3 rings (SSSR count). The number of phenols is 1. The summed E-state index contributed by atoms with van der Waals surface area (Å²) >= 11 is 1.04. The maximum Gasteiger partial charge on any atom is 0.277 e. The Morgan fingerprint density at radius 2 is 1.74 bits per heavy atom. The Hall–Kier alpha value is -3.33. The number of aryl methyl sites for hydroxylation is 1. The predicted octanol–water partition coefficient (Wildman–Crippen LogP) is 2.30. The van der Waals surface area contributed by atoms with E-state index in [1.807, 2.05) is 19.1 Å². The molecule has 138 valence electrons. The Labute approximate surface area is 159 Å². The Kier molecular flexibility index (Phi) is 5.72. The maximum absolute atomic E-state index is 11.9. The van der Waals surface area contributed by atoms with E-state index < -0.39 is 11.8 Å². The molecule has 0 saturated heterocycles. The molecule has 8 nitrogen and oxygen atoms in total. The van der Waals surface area contributed by atoms with Crippen LogP contribution in [0, 0.1) is 6.92 Å². The molecule has 0 aliphatic heterocycles. The monoisotopic (exact) mass is 384 g/mol. The van der Waals surface area contributed by atoms with Gasteiger partial charge >= 0.3 is 0 Å². The zero-order chi connectivity index (χ0) is 19.2. The molecule has 3 N–H and O–H groups in total. The van der Waals surface area contributed by atoms with Crippen molar-refractivity contribution in [1.82, 2.24) is 21.0 Å². The second kappa shape index (κ2) is 8.37. The number of aromatic nitrogens is 2. The minimum atomic E-state index is -0.412. The van der Waals surface area contributed by atoms with Crippen LogP contribution >= 0.6 is 11.8 Å². The van der Waals surface area contributed by atoms with Gasteiger partial charge in [-0.1, -0.05) is 29.5 Å². The standard InChI is InChI=1S/C18H16N4O4S/c1-11-2-4-12(5-3-11)16(25)20-19-15(24)10-27-18-22-21-17(26-18)13-6-8-14(23)9-7-13/h2-9,23H,10H2,1H3,(H,19,24)(H,20,25). The Bertz CT molecular complexity index is 939. The molecule has 0 bridgehead atoms. The molecule has 2 aromatic carbocycles. The minimum absolute atomic E-state index is 0.00854. The third-order valence-corrected chi connectivity index (χ3v) is 4.30. The predicted molar refractivity (Wildman–Crippen MR) is 98.9 cm³/mol. The molecule has 0 radical (unpaired) electrons. The number of benzene rings is 2. The van der Waals surface area contributed by atoms with Crippen LogP contribution in [0.2, 0.25) is 0 Å². The summed E-state index contributed by atoms with van der Waals surface area (Å²) in [7, 11) is 0. The molecule has 0 spiro atoms. The number of nitrogens with zero attached hydrogens (tertiary/aromatic N) is 2. The number of phenolic OH excluding ortho intramolecular Hbond substituents is 1. The van der Waals surface area contributed by atoms with Crippen LogP contribution in [0.25, 0.3) is 11.5 Å². The zero-order valence-electron chi connectivity index (χ0n) is 14.3. The van der Waals surface area contributed by atoms with Gasteiger partial charge < -0.3 is 9.52 Å². The van der Waals surface area contributed by atoms with Crippen molar-refractivity contribution in [2.75, 3.05) is 5.75 Å². The Morgan fingerprint density at radius 1 is 1.04 bits per heavy atom. The van der Waals surface area contributed by atoms with Gasteiger partial charge in [-0.05, 0) is 43.3 Å². The average Bonchev–Trinajstić information content (AvgIpc) is 3.14. The second-order valence-corrected chi connectivity index (χ2v) is 6.50. The van der Waals surface area contributed by atoms with Gasteiger partial charge in [-0.25, -0.2) is 0 Å². The molecule has 3 aromatic rings. The van der Waals surface area contributed by atoms with Crippen LogP contribution in [0.3, 0.4) is 0 Å². The average molecular weight is 384 g/mol. The summed E-state index contributed by atoms with van der Waals surface area (Å²) in [6.07, 6.45) is 0. The van der Waals surface area contributed by atoms with Gasteiger partial charge in [0, 0.05) is 11.1 Å². The smallest absolute Gasteiger partial charge is 0.277 e. The van der Waals surface area contributed by atoms with Gasteiger partial charge in [0.2, 0.25) is 11.8 Å². The minimum Gasteiger partial charge on any atom is -0.508 e.